The van der Waals surface area contributed by atoms with Crippen molar-refractivity contribution in [2.45, 2.75) is 38.0 Å². The van der Waals surface area contributed by atoms with E-state index in [1.165, 1.54) is 9.80 Å². The number of hydrogen-bond donors (Lipinski definition) is 0. The van der Waals surface area contributed by atoms with Crippen molar-refractivity contribution in [2.75, 3.05) is 13.1 Å². The Morgan fingerprint density at radius 3 is 1.21 bits per heavy atom. The summed E-state index contributed by atoms with van der Waals surface area (Å²) in [6.07, 6.45) is 0. The van der Waals surface area contributed by atoms with Crippen molar-refractivity contribution >= 4 is 23.6 Å². The van der Waals surface area contributed by atoms with Gasteiger partial charge < -0.3 is 0 Å². The summed E-state index contributed by atoms with van der Waals surface area (Å²) in [7, 11) is 0. The van der Waals surface area contributed by atoms with E-state index >= 15 is 0 Å². The summed E-state index contributed by atoms with van der Waals surface area (Å²) in [5.74, 6) is -2.22. The molecule has 6 atom stereocenters. The lowest BCUT2D eigenvalue weighted by atomic mass is 9.84. The van der Waals surface area contributed by atoms with Crippen molar-refractivity contribution in [1.82, 2.24) is 19.8 Å². The highest BCUT2D eigenvalue weighted by molar-refractivity contribution is 6.10. The zero-order valence-corrected chi connectivity index (χ0v) is 19.1. The van der Waals surface area contributed by atoms with E-state index in [9.17, 15) is 19.2 Å². The number of hydrazine groups is 1. The molecule has 2 aromatic rings. The van der Waals surface area contributed by atoms with E-state index in [4.69, 9.17) is 0 Å². The standard InChI is InChI=1S/C26H26N4O4/c1-3-27-23(31)17-19(15-11-7-5-8-12-15)30-22-18(24(32)28(4-2)26(22)34)20(16-13-9-6-10-14-16)29(30)21(17)25(27)33/h5-14,17-22H,3-4H2,1-2H3/t17-,18+,19+,20-,21-,22+. The minimum absolute atomic E-state index is 0.215. The van der Waals surface area contributed by atoms with Crippen molar-refractivity contribution in [2.24, 2.45) is 11.8 Å². The predicted octanol–water partition coefficient (Wildman–Crippen LogP) is 1.76. The van der Waals surface area contributed by atoms with Gasteiger partial charge in [0.1, 0.15) is 12.1 Å². The number of fused-ring (bicyclic) bond motifs is 5. The number of carbonyl (C=O) groups excluding carboxylic acids is 4. The molecule has 8 heteroatoms. The van der Waals surface area contributed by atoms with Crippen LogP contribution < -0.4 is 0 Å². The van der Waals surface area contributed by atoms with Crippen LogP contribution in [-0.2, 0) is 19.2 Å². The van der Waals surface area contributed by atoms with Gasteiger partial charge in [-0.25, -0.2) is 10.0 Å². The summed E-state index contributed by atoms with van der Waals surface area (Å²) in [5, 5.41) is 3.82. The van der Waals surface area contributed by atoms with E-state index in [1.807, 2.05) is 70.7 Å². The van der Waals surface area contributed by atoms with Crippen molar-refractivity contribution in [1.29, 1.82) is 0 Å². The van der Waals surface area contributed by atoms with Crippen LogP contribution in [0.2, 0.25) is 0 Å². The molecular formula is C26H26N4O4. The normalized spacial score (nSPS) is 33.1. The second-order valence-corrected chi connectivity index (χ2v) is 9.25. The second-order valence-electron chi connectivity index (χ2n) is 9.25. The first-order valence-electron chi connectivity index (χ1n) is 11.9. The van der Waals surface area contributed by atoms with Crippen LogP contribution in [0.1, 0.15) is 37.1 Å². The first-order valence-corrected chi connectivity index (χ1v) is 11.9. The molecule has 4 aliphatic heterocycles. The number of carbonyl (C=O) groups is 4. The van der Waals surface area contributed by atoms with Gasteiger partial charge in [0.2, 0.25) is 23.6 Å². The fourth-order valence-electron chi connectivity index (χ4n) is 6.54. The Morgan fingerprint density at radius 1 is 0.529 bits per heavy atom. The van der Waals surface area contributed by atoms with Crippen LogP contribution in [0.4, 0.5) is 0 Å². The monoisotopic (exact) mass is 458 g/mol. The summed E-state index contributed by atoms with van der Waals surface area (Å²) in [6.45, 7) is 4.19. The van der Waals surface area contributed by atoms with E-state index in [1.54, 1.807) is 13.8 Å². The lowest BCUT2D eigenvalue weighted by Crippen LogP contribution is -2.49. The van der Waals surface area contributed by atoms with Crippen LogP contribution in [-0.4, -0.2) is 68.6 Å². The molecule has 4 fully saturated rings. The van der Waals surface area contributed by atoms with Crippen LogP contribution in [0.3, 0.4) is 0 Å². The molecular weight excluding hydrogens is 432 g/mol. The van der Waals surface area contributed by atoms with Gasteiger partial charge in [0.05, 0.1) is 23.9 Å². The molecule has 0 N–H and O–H groups in total. The highest BCUT2D eigenvalue weighted by Crippen LogP contribution is 2.58. The third-order valence-corrected chi connectivity index (χ3v) is 7.82. The largest absolute Gasteiger partial charge is 0.281 e. The molecule has 0 bridgehead atoms. The topological polar surface area (TPSA) is 81.2 Å². The Labute approximate surface area is 197 Å². The summed E-state index contributed by atoms with van der Waals surface area (Å²) in [5.41, 5.74) is 1.73. The zero-order valence-electron chi connectivity index (χ0n) is 19.1. The van der Waals surface area contributed by atoms with Gasteiger partial charge in [-0.05, 0) is 25.0 Å². The molecule has 4 heterocycles. The molecule has 0 aliphatic carbocycles. The molecule has 0 unspecified atom stereocenters. The van der Waals surface area contributed by atoms with E-state index in [2.05, 4.69) is 0 Å². The molecule has 0 radical (unpaired) electrons. The molecule has 174 valence electrons. The maximum Gasteiger partial charge on any atom is 0.248 e. The highest BCUT2D eigenvalue weighted by Gasteiger charge is 2.73. The Kier molecular flexibility index (Phi) is 4.72. The van der Waals surface area contributed by atoms with E-state index < -0.39 is 36.0 Å². The van der Waals surface area contributed by atoms with Gasteiger partial charge in [0, 0.05) is 13.1 Å². The number of hydrogen-bond acceptors (Lipinski definition) is 6. The predicted molar refractivity (Wildman–Crippen MR) is 121 cm³/mol. The molecule has 4 amide bonds. The van der Waals surface area contributed by atoms with Gasteiger partial charge in [-0.1, -0.05) is 60.7 Å². The third-order valence-electron chi connectivity index (χ3n) is 7.82. The second kappa shape index (κ2) is 7.58. The van der Waals surface area contributed by atoms with Crippen LogP contribution in [0, 0.1) is 11.8 Å². The number of amides is 4. The van der Waals surface area contributed by atoms with Gasteiger partial charge in [0.25, 0.3) is 0 Å². The van der Waals surface area contributed by atoms with Crippen molar-refractivity contribution in [3.8, 4) is 0 Å². The number of benzene rings is 2. The summed E-state index contributed by atoms with van der Waals surface area (Å²) in [6, 6.07) is 16.6. The average Bonchev–Trinajstić information content (AvgIpc) is 3.51. The zero-order chi connectivity index (χ0) is 23.7. The van der Waals surface area contributed by atoms with Crippen molar-refractivity contribution in [3.63, 3.8) is 0 Å². The molecule has 34 heavy (non-hydrogen) atoms. The number of likely N-dealkylation sites (tertiary alicyclic amines) is 2. The number of rotatable bonds is 4. The molecule has 0 spiro atoms. The van der Waals surface area contributed by atoms with Gasteiger partial charge in [0.15, 0.2) is 0 Å². The average molecular weight is 459 g/mol. The minimum atomic E-state index is -0.746. The van der Waals surface area contributed by atoms with Gasteiger partial charge >= 0.3 is 0 Å². The van der Waals surface area contributed by atoms with Crippen LogP contribution >= 0.6 is 0 Å². The molecule has 4 aliphatic rings. The fraction of sp³-hybridized carbons (Fsp3) is 0.385. The lowest BCUT2D eigenvalue weighted by Gasteiger charge is -2.35. The first kappa shape index (κ1) is 21.2. The fourth-order valence-corrected chi connectivity index (χ4v) is 6.54. The van der Waals surface area contributed by atoms with Crippen LogP contribution in [0.5, 0.6) is 0 Å². The van der Waals surface area contributed by atoms with E-state index in [0.29, 0.717) is 13.1 Å². The summed E-state index contributed by atoms with van der Waals surface area (Å²) >= 11 is 0. The van der Waals surface area contributed by atoms with Gasteiger partial charge in [-0.15, -0.1) is 0 Å². The number of imide groups is 2. The Hall–Kier alpha value is -3.36. The smallest absolute Gasteiger partial charge is 0.248 e. The number of likely N-dealkylation sites (N-methyl/N-ethyl adjacent to an activating group) is 2. The minimum Gasteiger partial charge on any atom is -0.281 e. The SMILES string of the molecule is CCN1C(=O)[C@@H]2[C@@H](C1=O)N1[C@@H](c3ccccc3)[C@H]3C(=O)N(CC)C(=O)[C@@H]3N1[C@@H]2c1ccccc1. The molecule has 8 nitrogen and oxygen atoms in total. The number of nitrogens with zero attached hydrogens (tertiary/aromatic N) is 4. The maximum atomic E-state index is 13.6. The molecule has 0 aromatic heterocycles. The Bertz CT molecular complexity index is 1090. The van der Waals surface area contributed by atoms with Gasteiger partial charge in [-0.3, -0.25) is 29.0 Å². The quantitative estimate of drug-likeness (QED) is 0.650. The molecule has 2 aromatic carbocycles. The van der Waals surface area contributed by atoms with E-state index in [-0.39, 0.29) is 23.6 Å². The van der Waals surface area contributed by atoms with Crippen molar-refractivity contribution < 1.29 is 19.2 Å². The van der Waals surface area contributed by atoms with Crippen LogP contribution in [0.15, 0.2) is 60.7 Å². The van der Waals surface area contributed by atoms with Crippen molar-refractivity contribution in [3.05, 3.63) is 71.8 Å². The molecule has 4 saturated heterocycles. The summed E-state index contributed by atoms with van der Waals surface area (Å²) in [4.78, 5) is 56.9. The van der Waals surface area contributed by atoms with Crippen LogP contribution in [0.25, 0.3) is 0 Å². The molecule has 0 saturated carbocycles. The third kappa shape index (κ3) is 2.55. The Balaban J connectivity index is 1.59. The maximum absolute atomic E-state index is 13.6. The van der Waals surface area contributed by atoms with E-state index in [0.717, 1.165) is 11.1 Å². The Morgan fingerprint density at radius 2 is 0.882 bits per heavy atom. The van der Waals surface area contributed by atoms with Gasteiger partial charge in [-0.2, -0.15) is 0 Å². The first-order chi connectivity index (χ1) is 16.5. The summed E-state index contributed by atoms with van der Waals surface area (Å²) < 4.78 is 0. The highest BCUT2D eigenvalue weighted by atomic mass is 16.2. The molecule has 6 rings (SSSR count). The lowest BCUT2D eigenvalue weighted by molar-refractivity contribution is -0.152.